The van der Waals surface area contributed by atoms with Gasteiger partial charge >= 0.3 is 43.7 Å². The number of carbonyl (C=O) groups is 2. The Balaban J connectivity index is 0. The van der Waals surface area contributed by atoms with E-state index in [9.17, 15) is 9.59 Å². The van der Waals surface area contributed by atoms with Gasteiger partial charge in [0.2, 0.25) is 5.91 Å². The topological polar surface area (TPSA) is 107 Å². The van der Waals surface area contributed by atoms with Gasteiger partial charge in [-0.25, -0.2) is 0 Å². The van der Waals surface area contributed by atoms with E-state index in [1.807, 2.05) is 0 Å². The Kier molecular flexibility index (Phi) is 10.4. The molecule has 0 heterocycles. The van der Waals surface area contributed by atoms with Gasteiger partial charge in [-0.1, -0.05) is 13.8 Å². The first-order valence-electron chi connectivity index (χ1n) is 5.10. The molecule has 0 aromatic heterocycles. The zero-order valence-corrected chi connectivity index (χ0v) is 9.56. The molecule has 1 amide bonds. The molecule has 0 atom stereocenters. The molecular weight excluding hydrogens is 254 g/mol. The number of carboxylic acid groups (broad SMARTS) is 1. The number of aliphatic hydroxyl groups is 2. The molecule has 0 aromatic rings. The second-order valence-electron chi connectivity index (χ2n) is 4.39. The van der Waals surface area contributed by atoms with Crippen molar-refractivity contribution in [2.45, 2.75) is 39.4 Å². The summed E-state index contributed by atoms with van der Waals surface area (Å²) < 4.78 is 0. The predicted octanol–water partition coefficient (Wildman–Crippen LogP) is -1.22. The van der Waals surface area contributed by atoms with Crippen LogP contribution in [0.4, 0.5) is 0 Å². The van der Waals surface area contributed by atoms with Crippen LogP contribution < -0.4 is 5.32 Å². The van der Waals surface area contributed by atoms with Crippen LogP contribution in [0.5, 0.6) is 0 Å². The molecule has 0 aromatic carbocycles. The van der Waals surface area contributed by atoms with Crippen molar-refractivity contribution in [3.8, 4) is 0 Å². The van der Waals surface area contributed by atoms with Gasteiger partial charge in [-0.15, -0.1) is 0 Å². The van der Waals surface area contributed by atoms with Crippen molar-refractivity contribution in [1.82, 2.24) is 5.32 Å². The Bertz CT molecular complexity index is 255. The molecule has 0 radical (unpaired) electrons. The first kappa shape index (κ1) is 19.5. The molecule has 0 fully saturated rings. The van der Waals surface area contributed by atoms with E-state index in [1.165, 1.54) is 0 Å². The van der Waals surface area contributed by atoms with Crippen molar-refractivity contribution in [3.63, 3.8) is 0 Å². The van der Waals surface area contributed by atoms with E-state index in [4.69, 9.17) is 15.3 Å². The number of carboxylic acids is 1. The van der Waals surface area contributed by atoms with Crippen molar-refractivity contribution in [2.75, 3.05) is 6.54 Å². The Morgan fingerprint density at radius 2 is 1.82 bits per heavy atom. The number of aliphatic carboxylic acids is 1. The van der Waals surface area contributed by atoms with Gasteiger partial charge in [0.1, 0.15) is 0 Å². The number of aliphatic hydroxyl groups excluding tert-OH is 1. The Morgan fingerprint density at radius 3 is 2.24 bits per heavy atom. The van der Waals surface area contributed by atoms with Gasteiger partial charge in [0.25, 0.3) is 0 Å². The molecule has 0 aliphatic rings. The molecular formula is C10H21CaNO5. The number of carbonyl (C=O) groups excluding carboxylic acids is 1. The van der Waals surface area contributed by atoms with Gasteiger partial charge in [0.15, 0.2) is 6.29 Å². The Morgan fingerprint density at radius 1 is 1.29 bits per heavy atom. The fourth-order valence-electron chi connectivity index (χ4n) is 1.04. The Labute approximate surface area is 130 Å². The summed E-state index contributed by atoms with van der Waals surface area (Å²) in [5.74, 6) is -1.22. The first-order valence-corrected chi connectivity index (χ1v) is 5.10. The SMILES string of the molecule is CC(C)(CC(=O)NCCCC(=O)O)C(O)O.[CaH2]. The summed E-state index contributed by atoms with van der Waals surface area (Å²) >= 11 is 0. The van der Waals surface area contributed by atoms with Gasteiger partial charge < -0.3 is 20.6 Å². The van der Waals surface area contributed by atoms with E-state index in [1.54, 1.807) is 13.8 Å². The van der Waals surface area contributed by atoms with E-state index in [0.717, 1.165) is 0 Å². The van der Waals surface area contributed by atoms with Crippen LogP contribution in [0.25, 0.3) is 0 Å². The second-order valence-corrected chi connectivity index (χ2v) is 4.39. The molecule has 0 saturated carbocycles. The number of nitrogens with one attached hydrogen (secondary N) is 1. The summed E-state index contributed by atoms with van der Waals surface area (Å²) in [5.41, 5.74) is -0.906. The first-order chi connectivity index (χ1) is 7.25. The van der Waals surface area contributed by atoms with Gasteiger partial charge in [0, 0.05) is 24.8 Å². The van der Waals surface area contributed by atoms with Crippen LogP contribution in [0.15, 0.2) is 0 Å². The fraction of sp³-hybridized carbons (Fsp3) is 0.800. The van der Waals surface area contributed by atoms with E-state index in [-0.39, 0.29) is 63.0 Å². The number of hydrogen-bond acceptors (Lipinski definition) is 4. The fourth-order valence-corrected chi connectivity index (χ4v) is 1.04. The van der Waals surface area contributed by atoms with Crippen molar-refractivity contribution in [2.24, 2.45) is 5.41 Å². The van der Waals surface area contributed by atoms with Crippen LogP contribution in [-0.4, -0.2) is 77.8 Å². The third-order valence-corrected chi connectivity index (χ3v) is 2.20. The zero-order chi connectivity index (χ0) is 12.8. The maximum atomic E-state index is 11.3. The summed E-state index contributed by atoms with van der Waals surface area (Å²) in [4.78, 5) is 21.5. The molecule has 6 nitrogen and oxygen atoms in total. The van der Waals surface area contributed by atoms with Crippen LogP contribution >= 0.6 is 0 Å². The van der Waals surface area contributed by atoms with E-state index < -0.39 is 17.7 Å². The van der Waals surface area contributed by atoms with Gasteiger partial charge in [-0.3, -0.25) is 9.59 Å². The molecule has 0 rings (SSSR count). The molecule has 0 spiro atoms. The molecule has 17 heavy (non-hydrogen) atoms. The van der Waals surface area contributed by atoms with Crippen molar-refractivity contribution >= 4 is 49.6 Å². The predicted molar refractivity (Wildman–Crippen MR) is 65.0 cm³/mol. The van der Waals surface area contributed by atoms with Gasteiger partial charge in [-0.05, 0) is 6.42 Å². The van der Waals surface area contributed by atoms with Crippen molar-refractivity contribution < 1.29 is 24.9 Å². The van der Waals surface area contributed by atoms with Crippen LogP contribution in [0, 0.1) is 5.41 Å². The molecule has 0 aliphatic heterocycles. The monoisotopic (exact) mass is 275 g/mol. The Hall–Kier alpha value is 0.120. The minimum atomic E-state index is -1.56. The second kappa shape index (κ2) is 9.10. The van der Waals surface area contributed by atoms with Gasteiger partial charge in [-0.2, -0.15) is 0 Å². The summed E-state index contributed by atoms with van der Waals surface area (Å²) in [7, 11) is 0. The van der Waals surface area contributed by atoms with Crippen LogP contribution in [0.1, 0.15) is 33.1 Å². The van der Waals surface area contributed by atoms with E-state index in [0.29, 0.717) is 6.42 Å². The number of hydrogen-bond donors (Lipinski definition) is 4. The third kappa shape index (κ3) is 9.79. The summed E-state index contributed by atoms with van der Waals surface area (Å²) in [5, 5.41) is 28.8. The van der Waals surface area contributed by atoms with Crippen LogP contribution in [0.2, 0.25) is 0 Å². The summed E-state index contributed by atoms with van der Waals surface area (Å²) in [6.07, 6.45) is -1.20. The molecule has 0 unspecified atom stereocenters. The summed E-state index contributed by atoms with van der Waals surface area (Å²) in [6, 6.07) is 0. The molecule has 0 bridgehead atoms. The molecule has 0 aliphatic carbocycles. The minimum absolute atomic E-state index is 0. The van der Waals surface area contributed by atoms with E-state index >= 15 is 0 Å². The van der Waals surface area contributed by atoms with Crippen molar-refractivity contribution in [3.05, 3.63) is 0 Å². The molecule has 7 heteroatoms. The number of rotatable bonds is 7. The van der Waals surface area contributed by atoms with E-state index in [2.05, 4.69) is 5.32 Å². The van der Waals surface area contributed by atoms with Crippen molar-refractivity contribution in [1.29, 1.82) is 0 Å². The quantitative estimate of drug-likeness (QED) is 0.265. The zero-order valence-electron chi connectivity index (χ0n) is 9.56. The van der Waals surface area contributed by atoms with Crippen LogP contribution in [-0.2, 0) is 9.59 Å². The third-order valence-electron chi connectivity index (χ3n) is 2.20. The maximum absolute atomic E-state index is 11.3. The van der Waals surface area contributed by atoms with Crippen LogP contribution in [0.3, 0.4) is 0 Å². The normalized spacial score (nSPS) is 10.9. The molecule has 0 saturated heterocycles. The summed E-state index contributed by atoms with van der Waals surface area (Å²) in [6.45, 7) is 3.41. The number of amides is 1. The molecule has 98 valence electrons. The average Bonchev–Trinajstić information content (AvgIpc) is 2.11. The molecule has 4 N–H and O–H groups in total. The average molecular weight is 275 g/mol. The standard InChI is InChI=1S/C10H19NO5.Ca.2H/c1-10(2,9(15)16)6-7(12)11-5-3-4-8(13)14;;;/h9,15-16H,3-6H2,1-2H3,(H,11,12)(H,13,14);;;. The van der Waals surface area contributed by atoms with Gasteiger partial charge in [0.05, 0.1) is 0 Å².